The Morgan fingerprint density at radius 1 is 1.50 bits per heavy atom. The van der Waals surface area contributed by atoms with Gasteiger partial charge in [0.15, 0.2) is 0 Å². The minimum Gasteiger partial charge on any atom is -0.495 e. The Bertz CT molecular complexity index is 433. The first-order valence-electron chi connectivity index (χ1n) is 6.03. The van der Waals surface area contributed by atoms with Gasteiger partial charge >= 0.3 is 0 Å². The lowest BCUT2D eigenvalue weighted by Crippen LogP contribution is -2.31. The second kappa shape index (κ2) is 5.96. The minimum absolute atomic E-state index is 0.0103. The maximum atomic E-state index is 11.6. The van der Waals surface area contributed by atoms with Crippen molar-refractivity contribution in [3.63, 3.8) is 0 Å². The molecule has 5 heteroatoms. The highest BCUT2D eigenvalue weighted by Crippen LogP contribution is 2.28. The van der Waals surface area contributed by atoms with E-state index in [1.165, 1.54) is 12.8 Å². The predicted molar refractivity (Wildman–Crippen MR) is 72.2 cm³/mol. The van der Waals surface area contributed by atoms with Gasteiger partial charge in [0.05, 0.1) is 19.3 Å². The van der Waals surface area contributed by atoms with Gasteiger partial charge in [0, 0.05) is 11.6 Å². The van der Waals surface area contributed by atoms with E-state index >= 15 is 0 Å². The molecule has 1 aliphatic carbocycles. The molecule has 4 nitrogen and oxygen atoms in total. The van der Waals surface area contributed by atoms with Crippen LogP contribution in [-0.2, 0) is 4.79 Å². The van der Waals surface area contributed by atoms with Crippen LogP contribution >= 0.6 is 11.6 Å². The van der Waals surface area contributed by atoms with Crippen LogP contribution in [0.2, 0.25) is 5.02 Å². The molecule has 1 aliphatic rings. The fourth-order valence-corrected chi connectivity index (χ4v) is 1.81. The average molecular weight is 269 g/mol. The summed E-state index contributed by atoms with van der Waals surface area (Å²) in [6.07, 6.45) is 2.46. The van der Waals surface area contributed by atoms with Crippen LogP contribution in [0.4, 0.5) is 5.69 Å². The van der Waals surface area contributed by atoms with Crippen molar-refractivity contribution < 1.29 is 9.53 Å². The van der Waals surface area contributed by atoms with Crippen molar-refractivity contribution in [3.8, 4) is 5.75 Å². The molecule has 0 aromatic heterocycles. The van der Waals surface area contributed by atoms with Gasteiger partial charge in [-0.2, -0.15) is 0 Å². The first-order valence-corrected chi connectivity index (χ1v) is 6.41. The van der Waals surface area contributed by atoms with E-state index in [0.29, 0.717) is 16.7 Å². The number of rotatable bonds is 6. The number of amides is 1. The van der Waals surface area contributed by atoms with Crippen LogP contribution in [0.25, 0.3) is 0 Å². The third kappa shape index (κ3) is 3.81. The summed E-state index contributed by atoms with van der Waals surface area (Å²) in [5.74, 6) is 1.35. The largest absolute Gasteiger partial charge is 0.495 e. The van der Waals surface area contributed by atoms with Crippen molar-refractivity contribution in [2.75, 3.05) is 25.5 Å². The third-order valence-corrected chi connectivity index (χ3v) is 3.12. The Balaban J connectivity index is 1.84. The van der Waals surface area contributed by atoms with E-state index in [4.69, 9.17) is 16.3 Å². The van der Waals surface area contributed by atoms with Crippen molar-refractivity contribution in [3.05, 3.63) is 23.2 Å². The normalized spacial score (nSPS) is 14.1. The second-order valence-corrected chi connectivity index (χ2v) is 4.88. The molecule has 0 bridgehead atoms. The van der Waals surface area contributed by atoms with Gasteiger partial charge in [0.2, 0.25) is 5.91 Å². The number of halogens is 1. The molecule has 0 atom stereocenters. The van der Waals surface area contributed by atoms with Crippen LogP contribution in [-0.4, -0.2) is 26.1 Å². The molecule has 2 N–H and O–H groups in total. The number of anilines is 1. The molecule has 98 valence electrons. The fraction of sp³-hybridized carbons (Fsp3) is 0.462. The van der Waals surface area contributed by atoms with Gasteiger partial charge < -0.3 is 15.4 Å². The van der Waals surface area contributed by atoms with E-state index in [9.17, 15) is 4.79 Å². The number of methoxy groups -OCH3 is 1. The van der Waals surface area contributed by atoms with Crippen LogP contribution in [0.3, 0.4) is 0 Å². The average Bonchev–Trinajstić information content (AvgIpc) is 3.18. The minimum atomic E-state index is -0.0103. The van der Waals surface area contributed by atoms with Gasteiger partial charge in [-0.25, -0.2) is 0 Å². The van der Waals surface area contributed by atoms with Gasteiger partial charge in [-0.15, -0.1) is 0 Å². The maximum absolute atomic E-state index is 11.6. The van der Waals surface area contributed by atoms with E-state index in [2.05, 4.69) is 10.6 Å². The number of nitrogens with one attached hydrogen (secondary N) is 2. The highest BCUT2D eigenvalue weighted by molar-refractivity contribution is 6.30. The fourth-order valence-electron chi connectivity index (χ4n) is 1.64. The molecule has 0 unspecified atom stereocenters. The molecule has 0 spiro atoms. The SMILES string of the molecule is COc1ccc(Cl)cc1NCC(=O)NCC1CC1. The number of ether oxygens (including phenoxy) is 1. The Labute approximate surface area is 112 Å². The predicted octanol–water partition coefficient (Wildman–Crippen LogP) is 2.29. The first kappa shape index (κ1) is 13.0. The smallest absolute Gasteiger partial charge is 0.239 e. The van der Waals surface area contributed by atoms with Crippen molar-refractivity contribution in [2.45, 2.75) is 12.8 Å². The molecule has 0 heterocycles. The van der Waals surface area contributed by atoms with Gasteiger partial charge in [-0.1, -0.05) is 11.6 Å². The quantitative estimate of drug-likeness (QED) is 0.832. The lowest BCUT2D eigenvalue weighted by atomic mass is 10.3. The molecule has 0 aliphatic heterocycles. The van der Waals surface area contributed by atoms with Crippen molar-refractivity contribution >= 4 is 23.2 Å². The van der Waals surface area contributed by atoms with Gasteiger partial charge in [-0.05, 0) is 37.0 Å². The monoisotopic (exact) mass is 268 g/mol. The van der Waals surface area contributed by atoms with E-state index in [-0.39, 0.29) is 12.5 Å². The first-order chi connectivity index (χ1) is 8.69. The maximum Gasteiger partial charge on any atom is 0.239 e. The zero-order valence-electron chi connectivity index (χ0n) is 10.3. The van der Waals surface area contributed by atoms with Crippen LogP contribution in [0.5, 0.6) is 5.75 Å². The summed E-state index contributed by atoms with van der Waals surface area (Å²) in [5, 5.41) is 6.53. The van der Waals surface area contributed by atoms with Crippen molar-refractivity contribution in [2.24, 2.45) is 5.92 Å². The van der Waals surface area contributed by atoms with Crippen LogP contribution in [0.15, 0.2) is 18.2 Å². The third-order valence-electron chi connectivity index (χ3n) is 2.89. The number of hydrogen-bond donors (Lipinski definition) is 2. The molecular weight excluding hydrogens is 252 g/mol. The Morgan fingerprint density at radius 2 is 2.28 bits per heavy atom. The van der Waals surface area contributed by atoms with Crippen LogP contribution in [0, 0.1) is 5.92 Å². The summed E-state index contributed by atoms with van der Waals surface area (Å²) >= 11 is 5.90. The summed E-state index contributed by atoms with van der Waals surface area (Å²) in [5.41, 5.74) is 0.728. The second-order valence-electron chi connectivity index (χ2n) is 4.45. The standard InChI is InChI=1S/C13H17ClN2O2/c1-18-12-5-4-10(14)6-11(12)15-8-13(17)16-7-9-2-3-9/h4-6,9,15H,2-3,7-8H2,1H3,(H,16,17). The molecule has 0 radical (unpaired) electrons. The topological polar surface area (TPSA) is 50.4 Å². The number of carbonyl (C=O) groups is 1. The Kier molecular flexibility index (Phi) is 4.31. The molecule has 18 heavy (non-hydrogen) atoms. The molecular formula is C13H17ClN2O2. The lowest BCUT2D eigenvalue weighted by Gasteiger charge is -2.11. The van der Waals surface area contributed by atoms with E-state index < -0.39 is 0 Å². The van der Waals surface area contributed by atoms with Crippen molar-refractivity contribution in [1.82, 2.24) is 5.32 Å². The summed E-state index contributed by atoms with van der Waals surface area (Å²) in [6, 6.07) is 5.26. The molecule has 1 aromatic rings. The van der Waals surface area contributed by atoms with Crippen LogP contribution in [0.1, 0.15) is 12.8 Å². The zero-order chi connectivity index (χ0) is 13.0. The van der Waals surface area contributed by atoms with E-state index in [1.54, 1.807) is 25.3 Å². The molecule has 2 rings (SSSR count). The number of hydrogen-bond acceptors (Lipinski definition) is 3. The summed E-state index contributed by atoms with van der Waals surface area (Å²) in [4.78, 5) is 11.6. The van der Waals surface area contributed by atoms with Crippen LogP contribution < -0.4 is 15.4 Å². The van der Waals surface area contributed by atoms with E-state index in [1.807, 2.05) is 0 Å². The summed E-state index contributed by atoms with van der Waals surface area (Å²) in [7, 11) is 1.58. The number of benzene rings is 1. The Morgan fingerprint density at radius 3 is 2.94 bits per heavy atom. The Hall–Kier alpha value is -1.42. The summed E-state index contributed by atoms with van der Waals surface area (Å²) < 4.78 is 5.19. The van der Waals surface area contributed by atoms with Crippen molar-refractivity contribution in [1.29, 1.82) is 0 Å². The van der Waals surface area contributed by atoms with Gasteiger partial charge in [0.25, 0.3) is 0 Å². The zero-order valence-corrected chi connectivity index (χ0v) is 11.1. The molecule has 1 saturated carbocycles. The highest BCUT2D eigenvalue weighted by atomic mass is 35.5. The molecule has 1 fully saturated rings. The van der Waals surface area contributed by atoms with Gasteiger partial charge in [-0.3, -0.25) is 4.79 Å². The molecule has 0 saturated heterocycles. The lowest BCUT2D eigenvalue weighted by molar-refractivity contribution is -0.119. The van der Waals surface area contributed by atoms with E-state index in [0.717, 1.165) is 12.2 Å². The molecule has 1 aromatic carbocycles. The molecule has 1 amide bonds. The highest BCUT2D eigenvalue weighted by Gasteiger charge is 2.21. The summed E-state index contributed by atoms with van der Waals surface area (Å²) in [6.45, 7) is 1.01. The van der Waals surface area contributed by atoms with Gasteiger partial charge in [0.1, 0.15) is 5.75 Å². The number of carbonyl (C=O) groups excluding carboxylic acids is 1.